The third-order valence-corrected chi connectivity index (χ3v) is 3.34. The minimum Gasteiger partial charge on any atom is -0.444 e. The third-order valence-electron chi connectivity index (χ3n) is 2.75. The van der Waals surface area contributed by atoms with Gasteiger partial charge in [-0.1, -0.05) is 35.9 Å². The van der Waals surface area contributed by atoms with E-state index in [4.69, 9.17) is 16.3 Å². The van der Waals surface area contributed by atoms with Crippen LogP contribution in [0, 0.1) is 13.8 Å². The van der Waals surface area contributed by atoms with Gasteiger partial charge >= 0.3 is 6.09 Å². The Kier molecular flexibility index (Phi) is 6.28. The van der Waals surface area contributed by atoms with Gasteiger partial charge in [-0.3, -0.25) is 0 Å². The predicted octanol–water partition coefficient (Wildman–Crippen LogP) is 4.88. The number of hydrogen-bond acceptors (Lipinski definition) is 2. The number of rotatable bonds is 4. The molecular weight excluding hydrogens is 286 g/mol. The van der Waals surface area contributed by atoms with Gasteiger partial charge in [0, 0.05) is 11.6 Å². The van der Waals surface area contributed by atoms with E-state index >= 15 is 0 Å². The summed E-state index contributed by atoms with van der Waals surface area (Å²) in [6.07, 6.45) is 4.43. The van der Waals surface area contributed by atoms with Gasteiger partial charge in [-0.2, -0.15) is 0 Å². The quantitative estimate of drug-likeness (QED) is 0.805. The Morgan fingerprint density at radius 1 is 1.29 bits per heavy atom. The lowest BCUT2D eigenvalue weighted by atomic mass is 10.1. The van der Waals surface area contributed by atoms with Crippen LogP contribution in [0.1, 0.15) is 43.9 Å². The van der Waals surface area contributed by atoms with Gasteiger partial charge in [0.15, 0.2) is 0 Å². The minimum absolute atomic E-state index is 0.380. The van der Waals surface area contributed by atoms with Crippen LogP contribution in [0.5, 0.6) is 0 Å². The first kappa shape index (κ1) is 17.6. The van der Waals surface area contributed by atoms with Gasteiger partial charge in [-0.05, 0) is 57.7 Å². The minimum atomic E-state index is -0.460. The molecule has 3 nitrogen and oxygen atoms in total. The zero-order chi connectivity index (χ0) is 16.0. The maximum absolute atomic E-state index is 11.4. The molecule has 1 aromatic rings. The summed E-state index contributed by atoms with van der Waals surface area (Å²) in [5.74, 6) is 0. The molecule has 0 saturated carbocycles. The van der Waals surface area contributed by atoms with Gasteiger partial charge in [0.05, 0.1) is 0 Å². The van der Waals surface area contributed by atoms with Crippen LogP contribution in [0.4, 0.5) is 4.79 Å². The van der Waals surface area contributed by atoms with Gasteiger partial charge in [-0.25, -0.2) is 4.79 Å². The second-order valence-corrected chi connectivity index (χ2v) is 6.47. The van der Waals surface area contributed by atoms with Crippen LogP contribution in [-0.4, -0.2) is 18.2 Å². The molecule has 0 aliphatic rings. The Hall–Kier alpha value is -1.48. The Morgan fingerprint density at radius 3 is 2.38 bits per heavy atom. The third kappa shape index (κ3) is 6.67. The van der Waals surface area contributed by atoms with Crippen molar-refractivity contribution in [3.05, 3.63) is 39.9 Å². The van der Waals surface area contributed by atoms with E-state index in [0.29, 0.717) is 6.54 Å². The molecule has 116 valence electrons. The Labute approximate surface area is 132 Å². The van der Waals surface area contributed by atoms with Gasteiger partial charge in [0.1, 0.15) is 5.60 Å². The summed E-state index contributed by atoms with van der Waals surface area (Å²) in [7, 11) is 0. The SMILES string of the molecule is Cc1cc(C=CCCNC(=O)OC(C)(C)C)cc(C)c1Cl. The van der Waals surface area contributed by atoms with Crippen LogP contribution in [0.3, 0.4) is 0 Å². The monoisotopic (exact) mass is 309 g/mol. The van der Waals surface area contributed by atoms with Crippen molar-refractivity contribution < 1.29 is 9.53 Å². The molecule has 0 aromatic heterocycles. The molecule has 0 aliphatic carbocycles. The number of hydrogen-bond donors (Lipinski definition) is 1. The molecule has 0 heterocycles. The van der Waals surface area contributed by atoms with Gasteiger partial charge in [0.2, 0.25) is 0 Å². The van der Waals surface area contributed by atoms with Gasteiger partial charge in [-0.15, -0.1) is 0 Å². The van der Waals surface area contributed by atoms with Crippen LogP contribution in [0.25, 0.3) is 6.08 Å². The number of benzene rings is 1. The summed E-state index contributed by atoms with van der Waals surface area (Å²) >= 11 is 6.14. The smallest absolute Gasteiger partial charge is 0.407 e. The molecule has 0 unspecified atom stereocenters. The molecular formula is C17H24ClNO2. The lowest BCUT2D eigenvalue weighted by Crippen LogP contribution is -2.32. The van der Waals surface area contributed by atoms with E-state index in [2.05, 4.69) is 5.32 Å². The molecule has 0 aliphatic heterocycles. The van der Waals surface area contributed by atoms with Crippen molar-refractivity contribution in [2.24, 2.45) is 0 Å². The molecule has 0 fully saturated rings. The van der Waals surface area contributed by atoms with E-state index in [0.717, 1.165) is 28.1 Å². The van der Waals surface area contributed by atoms with Crippen molar-refractivity contribution in [2.75, 3.05) is 6.54 Å². The molecule has 0 bridgehead atoms. The second kappa shape index (κ2) is 7.51. The normalized spacial score (nSPS) is 11.7. The molecule has 1 aromatic carbocycles. The Balaban J connectivity index is 2.41. The maximum Gasteiger partial charge on any atom is 0.407 e. The van der Waals surface area contributed by atoms with Crippen LogP contribution in [0.2, 0.25) is 5.02 Å². The summed E-state index contributed by atoms with van der Waals surface area (Å²) in [6.45, 7) is 10.1. The Morgan fingerprint density at radius 2 is 1.86 bits per heavy atom. The zero-order valence-electron chi connectivity index (χ0n) is 13.4. The number of halogens is 1. The molecule has 21 heavy (non-hydrogen) atoms. The topological polar surface area (TPSA) is 38.3 Å². The van der Waals surface area contributed by atoms with Crippen LogP contribution in [-0.2, 0) is 4.74 Å². The van der Waals surface area contributed by atoms with Crippen LogP contribution < -0.4 is 5.32 Å². The molecule has 0 atom stereocenters. The van der Waals surface area contributed by atoms with Crippen molar-refractivity contribution in [3.8, 4) is 0 Å². The highest BCUT2D eigenvalue weighted by Gasteiger charge is 2.15. The van der Waals surface area contributed by atoms with E-state index in [9.17, 15) is 4.79 Å². The molecule has 4 heteroatoms. The zero-order valence-corrected chi connectivity index (χ0v) is 14.2. The van der Waals surface area contributed by atoms with Crippen molar-refractivity contribution in [1.29, 1.82) is 0 Å². The van der Waals surface area contributed by atoms with E-state index < -0.39 is 5.60 Å². The number of nitrogens with one attached hydrogen (secondary N) is 1. The number of carbonyl (C=O) groups excluding carboxylic acids is 1. The van der Waals surface area contributed by atoms with Crippen molar-refractivity contribution in [2.45, 2.75) is 46.6 Å². The summed E-state index contributed by atoms with van der Waals surface area (Å²) in [4.78, 5) is 11.4. The van der Waals surface area contributed by atoms with Crippen molar-refractivity contribution in [1.82, 2.24) is 5.32 Å². The Bertz CT molecular complexity index is 507. The fourth-order valence-corrected chi connectivity index (χ4v) is 1.98. The first-order valence-corrected chi connectivity index (χ1v) is 7.47. The summed E-state index contributed by atoms with van der Waals surface area (Å²) < 4.78 is 5.16. The molecule has 1 rings (SSSR count). The number of carbonyl (C=O) groups is 1. The van der Waals surface area contributed by atoms with Gasteiger partial charge in [0.25, 0.3) is 0 Å². The standard InChI is InChI=1S/C17H24ClNO2/c1-12-10-14(11-13(2)15(12)18)8-6-7-9-19-16(20)21-17(3,4)5/h6,8,10-11H,7,9H2,1-5H3,(H,19,20). The lowest BCUT2D eigenvalue weighted by Gasteiger charge is -2.19. The number of aryl methyl sites for hydroxylation is 2. The maximum atomic E-state index is 11.4. The molecule has 0 spiro atoms. The van der Waals surface area contributed by atoms with E-state index in [1.165, 1.54) is 0 Å². The largest absolute Gasteiger partial charge is 0.444 e. The number of alkyl carbamates (subject to hydrolysis) is 1. The highest BCUT2D eigenvalue weighted by molar-refractivity contribution is 6.32. The summed E-state index contributed by atoms with van der Waals surface area (Å²) in [5, 5.41) is 3.54. The lowest BCUT2D eigenvalue weighted by molar-refractivity contribution is 0.0529. The first-order chi connectivity index (χ1) is 9.69. The first-order valence-electron chi connectivity index (χ1n) is 7.09. The highest BCUT2D eigenvalue weighted by Crippen LogP contribution is 2.22. The van der Waals surface area contributed by atoms with Crippen LogP contribution in [0.15, 0.2) is 18.2 Å². The average molecular weight is 310 g/mol. The highest BCUT2D eigenvalue weighted by atomic mass is 35.5. The molecule has 0 saturated heterocycles. The molecule has 0 radical (unpaired) electrons. The number of ether oxygens (including phenoxy) is 1. The fraction of sp³-hybridized carbons (Fsp3) is 0.471. The van der Waals surface area contributed by atoms with Crippen molar-refractivity contribution >= 4 is 23.8 Å². The van der Waals surface area contributed by atoms with Crippen LogP contribution >= 0.6 is 11.6 Å². The van der Waals surface area contributed by atoms with Crippen molar-refractivity contribution in [3.63, 3.8) is 0 Å². The van der Waals surface area contributed by atoms with E-state index in [-0.39, 0.29) is 6.09 Å². The second-order valence-electron chi connectivity index (χ2n) is 6.09. The van der Waals surface area contributed by atoms with Gasteiger partial charge < -0.3 is 10.1 Å². The molecule has 1 N–H and O–H groups in total. The van der Waals surface area contributed by atoms with E-state index in [1.807, 2.05) is 58.9 Å². The van der Waals surface area contributed by atoms with E-state index in [1.54, 1.807) is 0 Å². The average Bonchev–Trinajstić information content (AvgIpc) is 2.33. The molecule has 1 amide bonds. The fourth-order valence-electron chi connectivity index (χ4n) is 1.87. The summed E-state index contributed by atoms with van der Waals surface area (Å²) in [6, 6.07) is 4.10. The summed E-state index contributed by atoms with van der Waals surface area (Å²) in [5.41, 5.74) is 2.80. The number of amides is 1. The predicted molar refractivity (Wildman–Crippen MR) is 88.8 cm³/mol.